The predicted molar refractivity (Wildman–Crippen MR) is 125 cm³/mol. The quantitative estimate of drug-likeness (QED) is 0.160. The van der Waals surface area contributed by atoms with Crippen LogP contribution in [-0.4, -0.2) is 27.4 Å². The molecule has 2 nitrogen and oxygen atoms in total. The van der Waals surface area contributed by atoms with Gasteiger partial charge in [-0.05, 0) is 6.42 Å². The molecule has 0 aromatic heterocycles. The van der Waals surface area contributed by atoms with Gasteiger partial charge in [-0.25, -0.2) is 0 Å². The second kappa shape index (κ2) is 21.6. The van der Waals surface area contributed by atoms with Crippen molar-refractivity contribution < 1.29 is 9.47 Å². The fourth-order valence-electron chi connectivity index (χ4n) is 4.34. The van der Waals surface area contributed by atoms with E-state index in [0.29, 0.717) is 0 Å². The molecule has 0 bridgehead atoms. The lowest BCUT2D eigenvalue weighted by Gasteiger charge is -2.27. The van der Waals surface area contributed by atoms with Gasteiger partial charge in [-0.1, -0.05) is 129 Å². The highest BCUT2D eigenvalue weighted by Gasteiger charge is 2.23. The highest BCUT2D eigenvalue weighted by atomic mass is 16.5. The van der Waals surface area contributed by atoms with E-state index in [1.807, 2.05) is 0 Å². The van der Waals surface area contributed by atoms with E-state index in [4.69, 9.17) is 9.47 Å². The largest absolute Gasteiger partial charge is 0.384 e. The van der Waals surface area contributed by atoms with Crippen molar-refractivity contribution in [1.82, 2.24) is 0 Å². The minimum absolute atomic E-state index is 0.193. The van der Waals surface area contributed by atoms with Crippen molar-refractivity contribution in [3.05, 3.63) is 0 Å². The van der Waals surface area contributed by atoms with E-state index in [9.17, 15) is 0 Å². The third-order valence-corrected chi connectivity index (χ3v) is 6.12. The minimum atomic E-state index is 0.193. The first-order valence-corrected chi connectivity index (χ1v) is 12.7. The molecule has 0 saturated carbocycles. The summed E-state index contributed by atoms with van der Waals surface area (Å²) >= 11 is 0. The average Bonchev–Trinajstić information content (AvgIpc) is 2.67. The van der Waals surface area contributed by atoms with Gasteiger partial charge in [0.25, 0.3) is 0 Å². The van der Waals surface area contributed by atoms with Crippen LogP contribution in [0.1, 0.15) is 136 Å². The van der Waals surface area contributed by atoms with Gasteiger partial charge in [0.2, 0.25) is 0 Å². The van der Waals surface area contributed by atoms with E-state index >= 15 is 0 Å². The first kappa shape index (κ1) is 27.9. The SMILES string of the molecule is CCCCCCCCCCCCCCCCCCCCC(C)(COC)COC. The van der Waals surface area contributed by atoms with Gasteiger partial charge in [0.1, 0.15) is 0 Å². The Morgan fingerprint density at radius 3 is 1.04 bits per heavy atom. The van der Waals surface area contributed by atoms with Crippen molar-refractivity contribution in [1.29, 1.82) is 0 Å². The maximum atomic E-state index is 5.37. The van der Waals surface area contributed by atoms with Crippen molar-refractivity contribution in [3.63, 3.8) is 0 Å². The molecular weight excluding hydrogens is 344 g/mol. The third-order valence-electron chi connectivity index (χ3n) is 6.12. The van der Waals surface area contributed by atoms with Crippen LogP contribution in [0.15, 0.2) is 0 Å². The van der Waals surface area contributed by atoms with Gasteiger partial charge in [0, 0.05) is 19.6 Å². The fraction of sp³-hybridized carbons (Fsp3) is 1.00. The summed E-state index contributed by atoms with van der Waals surface area (Å²) in [5.74, 6) is 0. The Hall–Kier alpha value is -0.0800. The van der Waals surface area contributed by atoms with E-state index in [1.165, 1.54) is 122 Å². The van der Waals surface area contributed by atoms with E-state index in [2.05, 4.69) is 13.8 Å². The molecule has 0 amide bonds. The van der Waals surface area contributed by atoms with E-state index < -0.39 is 0 Å². The van der Waals surface area contributed by atoms with Crippen LogP contribution in [0.4, 0.5) is 0 Å². The van der Waals surface area contributed by atoms with Gasteiger partial charge in [-0.15, -0.1) is 0 Å². The summed E-state index contributed by atoms with van der Waals surface area (Å²) in [6, 6.07) is 0. The maximum absolute atomic E-state index is 5.37. The summed E-state index contributed by atoms with van der Waals surface area (Å²) < 4.78 is 10.7. The Balaban J connectivity index is 3.23. The number of hydrogen-bond acceptors (Lipinski definition) is 2. The monoisotopic (exact) mass is 398 g/mol. The third kappa shape index (κ3) is 19.2. The zero-order chi connectivity index (χ0) is 20.8. The molecule has 0 aliphatic carbocycles. The van der Waals surface area contributed by atoms with Gasteiger partial charge < -0.3 is 9.47 Å². The van der Waals surface area contributed by atoms with Gasteiger partial charge in [0.05, 0.1) is 13.2 Å². The normalized spacial score (nSPS) is 12.0. The molecule has 0 radical (unpaired) electrons. The number of hydrogen-bond donors (Lipinski definition) is 0. The second-order valence-corrected chi connectivity index (χ2v) is 9.44. The number of ether oxygens (including phenoxy) is 2. The lowest BCUT2D eigenvalue weighted by molar-refractivity contribution is 0.0151. The van der Waals surface area contributed by atoms with E-state index in [0.717, 1.165) is 13.2 Å². The van der Waals surface area contributed by atoms with Crippen LogP contribution in [0.5, 0.6) is 0 Å². The van der Waals surface area contributed by atoms with Crippen LogP contribution in [0.3, 0.4) is 0 Å². The molecule has 28 heavy (non-hydrogen) atoms. The number of methoxy groups -OCH3 is 2. The Kier molecular flexibility index (Phi) is 21.6. The molecule has 0 rings (SSSR count). The molecule has 0 atom stereocenters. The van der Waals surface area contributed by atoms with Crippen LogP contribution in [0, 0.1) is 5.41 Å². The molecule has 0 aromatic carbocycles. The molecule has 0 aliphatic heterocycles. The van der Waals surface area contributed by atoms with Crippen molar-refractivity contribution in [2.75, 3.05) is 27.4 Å². The van der Waals surface area contributed by atoms with Crippen LogP contribution < -0.4 is 0 Å². The Bertz CT molecular complexity index is 284. The molecule has 0 spiro atoms. The predicted octanol–water partition coefficient (Wildman–Crippen LogP) is 8.72. The van der Waals surface area contributed by atoms with Crippen molar-refractivity contribution in [2.45, 2.75) is 136 Å². The summed E-state index contributed by atoms with van der Waals surface area (Å²) in [5, 5.41) is 0. The highest BCUT2D eigenvalue weighted by Crippen LogP contribution is 2.25. The molecule has 0 fully saturated rings. The van der Waals surface area contributed by atoms with Crippen LogP contribution >= 0.6 is 0 Å². The van der Waals surface area contributed by atoms with Gasteiger partial charge in [-0.3, -0.25) is 0 Å². The molecule has 0 heterocycles. The number of unbranched alkanes of at least 4 members (excludes halogenated alkanes) is 17. The Morgan fingerprint density at radius 1 is 0.464 bits per heavy atom. The molecule has 0 unspecified atom stereocenters. The standard InChI is InChI=1S/C26H54O2/c1-5-6-7-8-9-10-11-12-13-14-15-16-17-18-19-20-21-22-23-26(2,24-27-3)25-28-4/h5-25H2,1-4H3. The van der Waals surface area contributed by atoms with E-state index in [-0.39, 0.29) is 5.41 Å². The molecule has 0 aliphatic rings. The lowest BCUT2D eigenvalue weighted by Crippen LogP contribution is -2.28. The zero-order valence-electron chi connectivity index (χ0n) is 20.2. The van der Waals surface area contributed by atoms with Crippen molar-refractivity contribution in [3.8, 4) is 0 Å². The topological polar surface area (TPSA) is 18.5 Å². The molecule has 0 aromatic rings. The summed E-state index contributed by atoms with van der Waals surface area (Å²) in [5.41, 5.74) is 0.193. The van der Waals surface area contributed by atoms with Crippen LogP contribution in [0.2, 0.25) is 0 Å². The summed E-state index contributed by atoms with van der Waals surface area (Å²) in [6.07, 6.45) is 27.0. The molecule has 0 saturated heterocycles. The summed E-state index contributed by atoms with van der Waals surface area (Å²) in [6.45, 7) is 6.19. The Morgan fingerprint density at radius 2 is 0.750 bits per heavy atom. The van der Waals surface area contributed by atoms with Gasteiger partial charge >= 0.3 is 0 Å². The zero-order valence-corrected chi connectivity index (χ0v) is 20.2. The first-order chi connectivity index (χ1) is 13.7. The van der Waals surface area contributed by atoms with Crippen LogP contribution in [-0.2, 0) is 9.47 Å². The summed E-state index contributed by atoms with van der Waals surface area (Å²) in [7, 11) is 3.59. The van der Waals surface area contributed by atoms with Crippen molar-refractivity contribution in [2.24, 2.45) is 5.41 Å². The summed E-state index contributed by atoms with van der Waals surface area (Å²) in [4.78, 5) is 0. The number of rotatable bonds is 23. The molecular formula is C26H54O2. The minimum Gasteiger partial charge on any atom is -0.384 e. The van der Waals surface area contributed by atoms with Gasteiger partial charge in [-0.2, -0.15) is 0 Å². The molecule has 0 N–H and O–H groups in total. The average molecular weight is 399 g/mol. The van der Waals surface area contributed by atoms with Crippen LogP contribution in [0.25, 0.3) is 0 Å². The molecule has 2 heteroatoms. The maximum Gasteiger partial charge on any atom is 0.0538 e. The second-order valence-electron chi connectivity index (χ2n) is 9.44. The smallest absolute Gasteiger partial charge is 0.0538 e. The first-order valence-electron chi connectivity index (χ1n) is 12.7. The highest BCUT2D eigenvalue weighted by molar-refractivity contribution is 4.73. The Labute approximate surface area is 178 Å². The van der Waals surface area contributed by atoms with Gasteiger partial charge in [0.15, 0.2) is 0 Å². The van der Waals surface area contributed by atoms with E-state index in [1.54, 1.807) is 14.2 Å². The lowest BCUT2D eigenvalue weighted by atomic mass is 9.86. The fourth-order valence-corrected chi connectivity index (χ4v) is 4.34. The molecule has 170 valence electrons. The van der Waals surface area contributed by atoms with Crippen molar-refractivity contribution >= 4 is 0 Å².